The number of fused-ring (bicyclic) bond motifs is 1. The predicted molar refractivity (Wildman–Crippen MR) is 153 cm³/mol. The third-order valence-corrected chi connectivity index (χ3v) is 6.39. The summed E-state index contributed by atoms with van der Waals surface area (Å²) in [5.41, 5.74) is 5.00. The number of aromatic nitrogens is 3. The van der Waals surface area contributed by atoms with E-state index in [1.807, 2.05) is 97.1 Å². The van der Waals surface area contributed by atoms with Gasteiger partial charge in [-0.05, 0) is 71.6 Å². The van der Waals surface area contributed by atoms with Gasteiger partial charge in [0.1, 0.15) is 0 Å². The second-order valence-corrected chi connectivity index (χ2v) is 9.85. The molecule has 0 radical (unpaired) electrons. The van der Waals surface area contributed by atoms with Crippen molar-refractivity contribution in [2.45, 2.75) is 13.8 Å². The van der Waals surface area contributed by atoms with Gasteiger partial charge in [-0.1, -0.05) is 56.3 Å². The number of nitrogens with zero attached hydrogens (tertiary/aromatic N) is 3. The number of ether oxygens (including phenoxy) is 3. The van der Waals surface area contributed by atoms with Gasteiger partial charge in [0.15, 0.2) is 17.3 Å². The first-order chi connectivity index (χ1) is 19.5. The Labute approximate surface area is 232 Å². The number of hydrogen-bond acceptors (Lipinski definition) is 6. The van der Waals surface area contributed by atoms with Crippen LogP contribution in [0.3, 0.4) is 0 Å². The maximum Gasteiger partial charge on any atom is 0.336 e. The smallest absolute Gasteiger partial charge is 0.336 e. The van der Waals surface area contributed by atoms with Crippen molar-refractivity contribution in [3.8, 4) is 45.7 Å². The number of anilines is 1. The van der Waals surface area contributed by atoms with E-state index in [0.29, 0.717) is 41.1 Å². The molecular weight excluding hydrogens is 504 g/mol. The van der Waals surface area contributed by atoms with E-state index in [1.54, 1.807) is 4.68 Å². The zero-order valence-electron chi connectivity index (χ0n) is 22.2. The molecule has 1 aliphatic rings. The number of hydrogen-bond donors (Lipinski definition) is 1. The van der Waals surface area contributed by atoms with Crippen molar-refractivity contribution in [1.29, 1.82) is 0 Å². The molecule has 200 valence electrons. The molecule has 0 saturated carbocycles. The molecule has 0 atom stereocenters. The first kappa shape index (κ1) is 25.2. The SMILES string of the molecule is CC(C)COc1nc(-c2ccc3c(c2)OCO3)n(-c2ccc(NC(=O)c3ccc(-c4ccccc4)cc3)cc2)n1. The quantitative estimate of drug-likeness (QED) is 0.242. The first-order valence-corrected chi connectivity index (χ1v) is 13.1. The summed E-state index contributed by atoms with van der Waals surface area (Å²) in [4.78, 5) is 17.6. The van der Waals surface area contributed by atoms with E-state index in [1.165, 1.54) is 0 Å². The zero-order chi connectivity index (χ0) is 27.5. The van der Waals surface area contributed by atoms with Crippen molar-refractivity contribution in [2.75, 3.05) is 18.7 Å². The highest BCUT2D eigenvalue weighted by molar-refractivity contribution is 6.04. The van der Waals surface area contributed by atoms with Gasteiger partial charge >= 0.3 is 6.01 Å². The lowest BCUT2D eigenvalue weighted by Crippen LogP contribution is -2.11. The van der Waals surface area contributed by atoms with E-state index < -0.39 is 0 Å². The number of rotatable bonds is 8. The van der Waals surface area contributed by atoms with Crippen LogP contribution in [0.25, 0.3) is 28.2 Å². The normalized spacial score (nSPS) is 12.0. The van der Waals surface area contributed by atoms with Crippen LogP contribution >= 0.6 is 0 Å². The maximum absolute atomic E-state index is 12.9. The molecule has 1 aliphatic heterocycles. The first-order valence-electron chi connectivity index (χ1n) is 13.1. The third kappa shape index (κ3) is 5.37. The molecule has 0 unspecified atom stereocenters. The molecule has 0 bridgehead atoms. The molecule has 0 fully saturated rings. The molecule has 4 aromatic carbocycles. The van der Waals surface area contributed by atoms with Crippen molar-refractivity contribution in [1.82, 2.24) is 14.8 Å². The van der Waals surface area contributed by atoms with E-state index in [9.17, 15) is 4.79 Å². The van der Waals surface area contributed by atoms with Gasteiger partial charge in [0, 0.05) is 16.8 Å². The topological polar surface area (TPSA) is 87.5 Å². The Balaban J connectivity index is 1.22. The second-order valence-electron chi connectivity index (χ2n) is 9.85. The number of benzene rings is 4. The summed E-state index contributed by atoms with van der Waals surface area (Å²) in [5, 5.41) is 7.59. The van der Waals surface area contributed by atoms with Crippen LogP contribution in [0, 0.1) is 5.92 Å². The lowest BCUT2D eigenvalue weighted by molar-refractivity contribution is 0.102. The summed E-state index contributed by atoms with van der Waals surface area (Å²) < 4.78 is 18.6. The van der Waals surface area contributed by atoms with Gasteiger partial charge in [0.2, 0.25) is 6.79 Å². The molecule has 2 heterocycles. The molecule has 1 N–H and O–H groups in total. The number of nitrogens with one attached hydrogen (secondary N) is 1. The Morgan fingerprint density at radius 3 is 2.33 bits per heavy atom. The summed E-state index contributed by atoms with van der Waals surface area (Å²) in [6.45, 7) is 4.83. The molecule has 0 spiro atoms. The zero-order valence-corrected chi connectivity index (χ0v) is 22.2. The second kappa shape index (κ2) is 10.9. The fourth-order valence-electron chi connectivity index (χ4n) is 4.33. The van der Waals surface area contributed by atoms with Gasteiger partial charge in [0.05, 0.1) is 12.3 Å². The van der Waals surface area contributed by atoms with Gasteiger partial charge in [0.25, 0.3) is 5.91 Å². The van der Waals surface area contributed by atoms with Crippen molar-refractivity contribution in [2.24, 2.45) is 5.92 Å². The molecule has 1 aromatic heterocycles. The minimum absolute atomic E-state index is 0.182. The minimum Gasteiger partial charge on any atom is -0.462 e. The van der Waals surface area contributed by atoms with Gasteiger partial charge < -0.3 is 19.5 Å². The highest BCUT2D eigenvalue weighted by Gasteiger charge is 2.20. The molecular formula is C32H28N4O4. The molecule has 40 heavy (non-hydrogen) atoms. The van der Waals surface area contributed by atoms with Gasteiger partial charge in [-0.15, -0.1) is 5.10 Å². The summed E-state index contributed by atoms with van der Waals surface area (Å²) in [5.74, 6) is 2.11. The lowest BCUT2D eigenvalue weighted by Gasteiger charge is -2.09. The highest BCUT2D eigenvalue weighted by Crippen LogP contribution is 2.36. The van der Waals surface area contributed by atoms with E-state index in [-0.39, 0.29) is 18.7 Å². The Morgan fingerprint density at radius 1 is 0.875 bits per heavy atom. The largest absolute Gasteiger partial charge is 0.462 e. The van der Waals surface area contributed by atoms with Crippen molar-refractivity contribution in [3.63, 3.8) is 0 Å². The summed E-state index contributed by atoms with van der Waals surface area (Å²) in [6, 6.07) is 31.0. The van der Waals surface area contributed by atoms with Crippen molar-refractivity contribution in [3.05, 3.63) is 103 Å². The Hall–Kier alpha value is -5.11. The van der Waals surface area contributed by atoms with Gasteiger partial charge in [-0.3, -0.25) is 4.79 Å². The fraction of sp³-hybridized carbons (Fsp3) is 0.156. The molecule has 0 aliphatic carbocycles. The average Bonchev–Trinajstić information content (AvgIpc) is 3.64. The van der Waals surface area contributed by atoms with Crippen molar-refractivity contribution < 1.29 is 19.0 Å². The van der Waals surface area contributed by atoms with E-state index >= 15 is 0 Å². The maximum atomic E-state index is 12.9. The average molecular weight is 533 g/mol. The summed E-state index contributed by atoms with van der Waals surface area (Å²) in [7, 11) is 0. The molecule has 1 amide bonds. The van der Waals surface area contributed by atoms with Gasteiger partial charge in [-0.2, -0.15) is 4.98 Å². The molecule has 5 aromatic rings. The monoisotopic (exact) mass is 532 g/mol. The van der Waals surface area contributed by atoms with Crippen LogP contribution in [-0.2, 0) is 0 Å². The minimum atomic E-state index is -0.182. The summed E-state index contributed by atoms with van der Waals surface area (Å²) >= 11 is 0. The molecule has 8 heteroatoms. The predicted octanol–water partition coefficient (Wildman–Crippen LogP) is 6.62. The molecule has 6 rings (SSSR count). The van der Waals surface area contributed by atoms with Crippen LogP contribution in [0.1, 0.15) is 24.2 Å². The van der Waals surface area contributed by atoms with E-state index in [0.717, 1.165) is 22.4 Å². The van der Waals surface area contributed by atoms with Crippen LogP contribution < -0.4 is 19.5 Å². The highest BCUT2D eigenvalue weighted by atomic mass is 16.7. The Morgan fingerprint density at radius 2 is 1.57 bits per heavy atom. The third-order valence-electron chi connectivity index (χ3n) is 6.39. The van der Waals surface area contributed by atoms with Crippen LogP contribution in [-0.4, -0.2) is 34.1 Å². The number of carbonyl (C=O) groups is 1. The Bertz CT molecular complexity index is 1630. The Kier molecular flexibility index (Phi) is 6.89. The number of carbonyl (C=O) groups excluding carboxylic acids is 1. The van der Waals surface area contributed by atoms with Gasteiger partial charge in [-0.25, -0.2) is 4.68 Å². The molecule has 0 saturated heterocycles. The van der Waals surface area contributed by atoms with Crippen molar-refractivity contribution >= 4 is 11.6 Å². The lowest BCUT2D eigenvalue weighted by atomic mass is 10.0. The van der Waals surface area contributed by atoms with Crippen LogP contribution in [0.5, 0.6) is 17.5 Å². The van der Waals surface area contributed by atoms with E-state index in [2.05, 4.69) is 29.2 Å². The molecule has 8 nitrogen and oxygen atoms in total. The number of amides is 1. The van der Waals surface area contributed by atoms with Crippen LogP contribution in [0.4, 0.5) is 5.69 Å². The van der Waals surface area contributed by atoms with Crippen LogP contribution in [0.2, 0.25) is 0 Å². The standard InChI is InChI=1S/C32H28N4O4/c1-21(2)19-38-32-34-30(25-12-17-28-29(18-25)40-20-39-28)36(35-32)27-15-13-26(14-16-27)33-31(37)24-10-8-23(9-11-24)22-6-4-3-5-7-22/h3-18,21H,19-20H2,1-2H3,(H,33,37). The van der Waals surface area contributed by atoms with Crippen LogP contribution in [0.15, 0.2) is 97.1 Å². The summed E-state index contributed by atoms with van der Waals surface area (Å²) in [6.07, 6.45) is 0. The fourth-order valence-corrected chi connectivity index (χ4v) is 4.33. The van der Waals surface area contributed by atoms with E-state index in [4.69, 9.17) is 14.2 Å².